The summed E-state index contributed by atoms with van der Waals surface area (Å²) in [6.45, 7) is 4.63. The fourth-order valence-electron chi connectivity index (χ4n) is 2.52. The van der Waals surface area contributed by atoms with Crippen LogP contribution in [0.5, 0.6) is 0 Å². The number of fused-ring (bicyclic) bond motifs is 1. The standard InChI is InChI=1S/C16H25N3OS/c1-2-3-9-20-10-5-8-18-16-13(15(17)21)11-12-6-4-7-14(12)19-16/h11H,2-10H2,1H3,(H2,17,21)(H,18,19). The first-order valence-electron chi connectivity index (χ1n) is 7.86. The Morgan fingerprint density at radius 3 is 2.95 bits per heavy atom. The highest BCUT2D eigenvalue weighted by atomic mass is 32.1. The average molecular weight is 307 g/mol. The molecule has 3 N–H and O–H groups in total. The van der Waals surface area contributed by atoms with Crippen LogP contribution in [0, 0.1) is 0 Å². The first-order valence-corrected chi connectivity index (χ1v) is 8.27. The van der Waals surface area contributed by atoms with Crippen LogP contribution >= 0.6 is 12.2 Å². The van der Waals surface area contributed by atoms with Crippen molar-refractivity contribution >= 4 is 23.0 Å². The van der Waals surface area contributed by atoms with E-state index in [-0.39, 0.29) is 0 Å². The lowest BCUT2D eigenvalue weighted by atomic mass is 10.1. The molecule has 1 aromatic rings. The summed E-state index contributed by atoms with van der Waals surface area (Å²) in [6.07, 6.45) is 6.58. The number of aryl methyl sites for hydroxylation is 2. The quantitative estimate of drug-likeness (QED) is 0.542. The molecule has 0 bridgehead atoms. The maximum atomic E-state index is 5.82. The van der Waals surface area contributed by atoms with E-state index in [0.717, 1.165) is 56.8 Å². The van der Waals surface area contributed by atoms with Gasteiger partial charge in [-0.3, -0.25) is 0 Å². The maximum Gasteiger partial charge on any atom is 0.136 e. The van der Waals surface area contributed by atoms with Gasteiger partial charge < -0.3 is 15.8 Å². The number of pyridine rings is 1. The van der Waals surface area contributed by atoms with Gasteiger partial charge in [0.25, 0.3) is 0 Å². The van der Waals surface area contributed by atoms with Gasteiger partial charge in [0, 0.05) is 25.5 Å². The van der Waals surface area contributed by atoms with Crippen molar-refractivity contribution < 1.29 is 4.74 Å². The van der Waals surface area contributed by atoms with Gasteiger partial charge in [-0.1, -0.05) is 25.6 Å². The predicted octanol–water partition coefficient (Wildman–Crippen LogP) is 2.82. The van der Waals surface area contributed by atoms with Gasteiger partial charge in [-0.15, -0.1) is 0 Å². The Hall–Kier alpha value is -1.20. The summed E-state index contributed by atoms with van der Waals surface area (Å²) in [7, 11) is 0. The number of unbranched alkanes of at least 4 members (excludes halogenated alkanes) is 1. The van der Waals surface area contributed by atoms with Gasteiger partial charge in [-0.2, -0.15) is 0 Å². The molecule has 21 heavy (non-hydrogen) atoms. The van der Waals surface area contributed by atoms with Crippen LogP contribution in [0.15, 0.2) is 6.07 Å². The SMILES string of the molecule is CCCCOCCCNc1nc2c(cc1C(N)=S)CCC2. The summed E-state index contributed by atoms with van der Waals surface area (Å²) in [5.74, 6) is 0.830. The van der Waals surface area contributed by atoms with Crippen LogP contribution in [0.4, 0.5) is 5.82 Å². The van der Waals surface area contributed by atoms with E-state index >= 15 is 0 Å². The fourth-order valence-corrected chi connectivity index (χ4v) is 2.68. The summed E-state index contributed by atoms with van der Waals surface area (Å²) >= 11 is 5.14. The van der Waals surface area contributed by atoms with Crippen LogP contribution in [0.2, 0.25) is 0 Å². The van der Waals surface area contributed by atoms with Crippen molar-refractivity contribution in [3.63, 3.8) is 0 Å². The molecule has 0 unspecified atom stereocenters. The first kappa shape index (κ1) is 16.2. The van der Waals surface area contributed by atoms with Crippen LogP contribution in [0.25, 0.3) is 0 Å². The Bertz CT molecular complexity index is 491. The molecule has 1 aliphatic rings. The second kappa shape index (κ2) is 8.29. The van der Waals surface area contributed by atoms with Crippen LogP contribution in [-0.4, -0.2) is 29.7 Å². The minimum absolute atomic E-state index is 0.416. The van der Waals surface area contributed by atoms with Crippen molar-refractivity contribution in [2.24, 2.45) is 5.73 Å². The van der Waals surface area contributed by atoms with Gasteiger partial charge in [-0.25, -0.2) is 4.98 Å². The van der Waals surface area contributed by atoms with Gasteiger partial charge in [0.1, 0.15) is 10.8 Å². The van der Waals surface area contributed by atoms with Crippen molar-refractivity contribution in [1.29, 1.82) is 0 Å². The molecule has 0 radical (unpaired) electrons. The number of nitrogens with one attached hydrogen (secondary N) is 1. The molecule has 2 rings (SSSR count). The molecule has 0 atom stereocenters. The molecule has 0 aromatic carbocycles. The molecule has 0 spiro atoms. The zero-order chi connectivity index (χ0) is 15.1. The lowest BCUT2D eigenvalue weighted by Gasteiger charge is -2.12. The van der Waals surface area contributed by atoms with Crippen molar-refractivity contribution in [2.45, 2.75) is 45.4 Å². The smallest absolute Gasteiger partial charge is 0.136 e. The lowest BCUT2D eigenvalue weighted by molar-refractivity contribution is 0.131. The van der Waals surface area contributed by atoms with Crippen molar-refractivity contribution in [1.82, 2.24) is 4.98 Å². The van der Waals surface area contributed by atoms with Gasteiger partial charge >= 0.3 is 0 Å². The second-order valence-corrected chi connectivity index (χ2v) is 5.89. The van der Waals surface area contributed by atoms with E-state index in [0.29, 0.717) is 4.99 Å². The van der Waals surface area contributed by atoms with Crippen LogP contribution in [0.3, 0.4) is 0 Å². The van der Waals surface area contributed by atoms with Crippen LogP contribution < -0.4 is 11.1 Å². The summed E-state index contributed by atoms with van der Waals surface area (Å²) in [5, 5.41) is 3.36. The molecule has 1 heterocycles. The van der Waals surface area contributed by atoms with Crippen molar-refractivity contribution in [3.8, 4) is 0 Å². The lowest BCUT2D eigenvalue weighted by Crippen LogP contribution is -2.17. The number of aromatic nitrogens is 1. The highest BCUT2D eigenvalue weighted by molar-refractivity contribution is 7.80. The minimum atomic E-state index is 0.416. The van der Waals surface area contributed by atoms with E-state index in [1.807, 2.05) is 0 Å². The number of hydrogen-bond acceptors (Lipinski definition) is 4. The molecule has 1 aromatic heterocycles. The summed E-state index contributed by atoms with van der Waals surface area (Å²) < 4.78 is 5.55. The Balaban J connectivity index is 1.86. The second-order valence-electron chi connectivity index (χ2n) is 5.45. The Labute approximate surface area is 132 Å². The van der Waals surface area contributed by atoms with Crippen LogP contribution in [-0.2, 0) is 17.6 Å². The van der Waals surface area contributed by atoms with E-state index in [1.54, 1.807) is 0 Å². The van der Waals surface area contributed by atoms with Crippen molar-refractivity contribution in [3.05, 3.63) is 22.9 Å². The number of rotatable bonds is 9. The van der Waals surface area contributed by atoms with E-state index in [9.17, 15) is 0 Å². The predicted molar refractivity (Wildman–Crippen MR) is 91.0 cm³/mol. The molecule has 1 aliphatic carbocycles. The van der Waals surface area contributed by atoms with Gasteiger partial charge in [0.15, 0.2) is 0 Å². The van der Waals surface area contributed by atoms with Crippen LogP contribution in [0.1, 0.15) is 49.4 Å². The molecular weight excluding hydrogens is 282 g/mol. The Kier molecular flexibility index (Phi) is 6.39. The highest BCUT2D eigenvalue weighted by Crippen LogP contribution is 2.25. The molecule has 116 valence electrons. The van der Waals surface area contributed by atoms with Gasteiger partial charge in [0.05, 0.1) is 5.56 Å². The third kappa shape index (κ3) is 4.64. The monoisotopic (exact) mass is 307 g/mol. The van der Waals surface area contributed by atoms with Gasteiger partial charge in [0.2, 0.25) is 0 Å². The minimum Gasteiger partial charge on any atom is -0.389 e. The molecule has 0 amide bonds. The summed E-state index contributed by atoms with van der Waals surface area (Å²) in [4.78, 5) is 5.12. The highest BCUT2D eigenvalue weighted by Gasteiger charge is 2.17. The fraction of sp³-hybridized carbons (Fsp3) is 0.625. The van der Waals surface area contributed by atoms with Crippen molar-refractivity contribution in [2.75, 3.05) is 25.1 Å². The molecule has 0 fully saturated rings. The summed E-state index contributed by atoms with van der Waals surface area (Å²) in [6, 6.07) is 2.11. The number of nitrogens with zero attached hydrogens (tertiary/aromatic N) is 1. The molecule has 0 saturated heterocycles. The van der Waals surface area contributed by atoms with E-state index in [1.165, 1.54) is 24.1 Å². The van der Waals surface area contributed by atoms with E-state index in [2.05, 4.69) is 18.3 Å². The van der Waals surface area contributed by atoms with Gasteiger partial charge in [-0.05, 0) is 43.7 Å². The number of anilines is 1. The third-order valence-electron chi connectivity index (χ3n) is 3.72. The zero-order valence-corrected chi connectivity index (χ0v) is 13.6. The number of hydrogen-bond donors (Lipinski definition) is 2. The summed E-state index contributed by atoms with van der Waals surface area (Å²) in [5.41, 5.74) is 9.18. The van der Waals surface area contributed by atoms with E-state index in [4.69, 9.17) is 27.7 Å². The van der Waals surface area contributed by atoms with E-state index < -0.39 is 0 Å². The Morgan fingerprint density at radius 2 is 2.19 bits per heavy atom. The number of nitrogens with two attached hydrogens (primary N) is 1. The third-order valence-corrected chi connectivity index (χ3v) is 3.94. The zero-order valence-electron chi connectivity index (χ0n) is 12.8. The average Bonchev–Trinajstić information content (AvgIpc) is 2.92. The molecule has 4 nitrogen and oxygen atoms in total. The number of thiocarbonyl (C=S) groups is 1. The Morgan fingerprint density at radius 1 is 1.38 bits per heavy atom. The molecular formula is C16H25N3OS. The number of ether oxygens (including phenoxy) is 1. The maximum absolute atomic E-state index is 5.82. The first-order chi connectivity index (χ1) is 10.2. The normalized spacial score (nSPS) is 13.2. The molecule has 0 aliphatic heterocycles. The topological polar surface area (TPSA) is 60.2 Å². The largest absolute Gasteiger partial charge is 0.389 e. The molecule has 0 saturated carbocycles. The molecule has 5 heteroatoms.